The van der Waals surface area contributed by atoms with E-state index in [4.69, 9.17) is 0 Å². The summed E-state index contributed by atoms with van der Waals surface area (Å²) in [6.45, 7) is 1.82. The van der Waals surface area contributed by atoms with Gasteiger partial charge < -0.3 is 0 Å². The molecule has 76 valence electrons. The van der Waals surface area contributed by atoms with Crippen LogP contribution in [0.15, 0.2) is 18.2 Å². The van der Waals surface area contributed by atoms with Crippen LogP contribution in [0.4, 0.5) is 4.39 Å². The smallest absolute Gasteiger partial charge is 0.163 e. The van der Waals surface area contributed by atoms with Gasteiger partial charge in [0.15, 0.2) is 5.78 Å². The summed E-state index contributed by atoms with van der Waals surface area (Å²) < 4.78 is 12.9. The average molecular weight is 259 g/mol. The largest absolute Gasteiger partial charge is 0.294 e. The van der Waals surface area contributed by atoms with Gasteiger partial charge in [-0.2, -0.15) is 0 Å². The molecule has 1 aromatic carbocycles. The number of ketones is 1. The number of benzene rings is 1. The molecule has 0 fully saturated rings. The first kappa shape index (κ1) is 11.4. The van der Waals surface area contributed by atoms with Crippen LogP contribution in [0.25, 0.3) is 0 Å². The van der Waals surface area contributed by atoms with E-state index in [0.29, 0.717) is 12.0 Å². The van der Waals surface area contributed by atoms with E-state index in [1.165, 1.54) is 12.1 Å². The summed E-state index contributed by atoms with van der Waals surface area (Å²) >= 11 is 3.26. The average Bonchev–Trinajstić information content (AvgIpc) is 2.18. The first-order valence-electron chi connectivity index (χ1n) is 4.50. The lowest BCUT2D eigenvalue weighted by atomic mass is 10.0. The van der Waals surface area contributed by atoms with Crippen molar-refractivity contribution in [1.82, 2.24) is 0 Å². The second kappa shape index (κ2) is 5.25. The SMILES string of the molecule is Cc1ccc(F)cc1C(=O)CCCBr. The summed E-state index contributed by atoms with van der Waals surface area (Å²) in [7, 11) is 0. The van der Waals surface area contributed by atoms with E-state index in [9.17, 15) is 9.18 Å². The van der Waals surface area contributed by atoms with Gasteiger partial charge in [-0.1, -0.05) is 22.0 Å². The van der Waals surface area contributed by atoms with Crippen molar-refractivity contribution in [1.29, 1.82) is 0 Å². The Kier molecular flexibility index (Phi) is 4.26. The molecule has 1 rings (SSSR count). The summed E-state index contributed by atoms with van der Waals surface area (Å²) in [6, 6.07) is 4.32. The van der Waals surface area contributed by atoms with E-state index in [-0.39, 0.29) is 11.6 Å². The fourth-order valence-corrected chi connectivity index (χ4v) is 1.54. The maximum Gasteiger partial charge on any atom is 0.163 e. The summed E-state index contributed by atoms with van der Waals surface area (Å²) in [5.41, 5.74) is 1.34. The number of hydrogen-bond acceptors (Lipinski definition) is 1. The minimum absolute atomic E-state index is 0.0152. The molecule has 0 aliphatic carbocycles. The molecule has 0 aliphatic heterocycles. The van der Waals surface area contributed by atoms with Crippen molar-refractivity contribution < 1.29 is 9.18 Å². The number of alkyl halides is 1. The highest BCUT2D eigenvalue weighted by molar-refractivity contribution is 9.09. The molecule has 0 N–H and O–H groups in total. The minimum Gasteiger partial charge on any atom is -0.294 e. The molecule has 14 heavy (non-hydrogen) atoms. The first-order chi connectivity index (χ1) is 6.65. The molecule has 0 amide bonds. The highest BCUT2D eigenvalue weighted by atomic mass is 79.9. The van der Waals surface area contributed by atoms with E-state index >= 15 is 0 Å². The van der Waals surface area contributed by atoms with Crippen LogP contribution in [-0.4, -0.2) is 11.1 Å². The Morgan fingerprint density at radius 3 is 2.86 bits per heavy atom. The van der Waals surface area contributed by atoms with Gasteiger partial charge in [0.05, 0.1) is 0 Å². The Labute approximate surface area is 91.5 Å². The number of aryl methyl sites for hydroxylation is 1. The van der Waals surface area contributed by atoms with E-state index in [2.05, 4.69) is 15.9 Å². The number of carbonyl (C=O) groups is 1. The van der Waals surface area contributed by atoms with Crippen molar-refractivity contribution in [2.45, 2.75) is 19.8 Å². The second-order valence-electron chi connectivity index (χ2n) is 3.17. The predicted molar refractivity (Wildman–Crippen MR) is 58.5 cm³/mol. The van der Waals surface area contributed by atoms with Crippen LogP contribution in [0.1, 0.15) is 28.8 Å². The van der Waals surface area contributed by atoms with Crippen LogP contribution >= 0.6 is 15.9 Å². The summed E-state index contributed by atoms with van der Waals surface area (Å²) in [5, 5.41) is 0.799. The number of carbonyl (C=O) groups excluding carboxylic acids is 1. The van der Waals surface area contributed by atoms with Gasteiger partial charge in [0.1, 0.15) is 5.82 Å². The van der Waals surface area contributed by atoms with E-state index in [1.807, 2.05) is 6.92 Å². The normalized spacial score (nSPS) is 10.2. The molecular weight excluding hydrogens is 247 g/mol. The summed E-state index contributed by atoms with van der Waals surface area (Å²) in [6.07, 6.45) is 1.25. The summed E-state index contributed by atoms with van der Waals surface area (Å²) in [5.74, 6) is -0.334. The molecule has 0 atom stereocenters. The van der Waals surface area contributed by atoms with Crippen molar-refractivity contribution in [3.8, 4) is 0 Å². The van der Waals surface area contributed by atoms with Gasteiger partial charge in [-0.3, -0.25) is 4.79 Å². The fraction of sp³-hybridized carbons (Fsp3) is 0.364. The molecule has 1 nitrogen and oxygen atoms in total. The monoisotopic (exact) mass is 258 g/mol. The number of rotatable bonds is 4. The van der Waals surface area contributed by atoms with E-state index < -0.39 is 0 Å². The standard InChI is InChI=1S/C11H12BrFO/c1-8-4-5-9(13)7-10(8)11(14)3-2-6-12/h4-5,7H,2-3,6H2,1H3. The van der Waals surface area contributed by atoms with Crippen LogP contribution < -0.4 is 0 Å². The van der Waals surface area contributed by atoms with Crippen LogP contribution in [0, 0.1) is 12.7 Å². The van der Waals surface area contributed by atoms with Crippen molar-refractivity contribution in [2.75, 3.05) is 5.33 Å². The first-order valence-corrected chi connectivity index (χ1v) is 5.62. The zero-order chi connectivity index (χ0) is 10.6. The van der Waals surface area contributed by atoms with Gasteiger partial charge in [-0.05, 0) is 31.0 Å². The zero-order valence-corrected chi connectivity index (χ0v) is 9.60. The Morgan fingerprint density at radius 2 is 2.21 bits per heavy atom. The highest BCUT2D eigenvalue weighted by Gasteiger charge is 2.09. The third kappa shape index (κ3) is 2.91. The van der Waals surface area contributed by atoms with Crippen molar-refractivity contribution >= 4 is 21.7 Å². The maximum atomic E-state index is 12.9. The minimum atomic E-state index is -0.349. The molecule has 0 aromatic heterocycles. The lowest BCUT2D eigenvalue weighted by Gasteiger charge is -2.03. The van der Waals surface area contributed by atoms with E-state index in [1.54, 1.807) is 6.07 Å². The Hall–Kier alpha value is -0.700. The predicted octanol–water partition coefficient (Wildman–Crippen LogP) is 3.49. The maximum absolute atomic E-state index is 12.9. The van der Waals surface area contributed by atoms with E-state index in [0.717, 1.165) is 17.3 Å². The van der Waals surface area contributed by atoms with Gasteiger partial charge in [0.2, 0.25) is 0 Å². The van der Waals surface area contributed by atoms with Crippen LogP contribution in [0.5, 0.6) is 0 Å². The molecule has 0 bridgehead atoms. The molecule has 0 saturated heterocycles. The molecule has 0 unspecified atom stereocenters. The molecule has 1 aromatic rings. The van der Waals surface area contributed by atoms with Gasteiger partial charge in [0, 0.05) is 17.3 Å². The lowest BCUT2D eigenvalue weighted by molar-refractivity contribution is 0.0981. The van der Waals surface area contributed by atoms with Crippen molar-refractivity contribution in [3.05, 3.63) is 35.1 Å². The van der Waals surface area contributed by atoms with Gasteiger partial charge in [0.25, 0.3) is 0 Å². The molecular formula is C11H12BrFO. The lowest BCUT2D eigenvalue weighted by Crippen LogP contribution is -2.02. The topological polar surface area (TPSA) is 17.1 Å². The molecule has 0 radical (unpaired) electrons. The van der Waals surface area contributed by atoms with Gasteiger partial charge in [-0.15, -0.1) is 0 Å². The Bertz CT molecular complexity index is 336. The van der Waals surface area contributed by atoms with Crippen molar-refractivity contribution in [3.63, 3.8) is 0 Å². The van der Waals surface area contributed by atoms with Crippen LogP contribution in [0.2, 0.25) is 0 Å². The second-order valence-corrected chi connectivity index (χ2v) is 3.97. The molecule has 0 saturated carbocycles. The van der Waals surface area contributed by atoms with Crippen LogP contribution in [0.3, 0.4) is 0 Å². The third-order valence-corrected chi connectivity index (χ3v) is 2.60. The Balaban J connectivity index is 2.83. The molecule has 0 aliphatic rings. The number of halogens is 2. The number of hydrogen-bond donors (Lipinski definition) is 0. The number of Topliss-reactive ketones (excluding diaryl/α,β-unsaturated/α-hetero) is 1. The summed E-state index contributed by atoms with van der Waals surface area (Å²) in [4.78, 5) is 11.6. The molecule has 0 spiro atoms. The molecule has 3 heteroatoms. The third-order valence-electron chi connectivity index (χ3n) is 2.04. The quantitative estimate of drug-likeness (QED) is 0.597. The fourth-order valence-electron chi connectivity index (χ4n) is 1.26. The van der Waals surface area contributed by atoms with Crippen LogP contribution in [-0.2, 0) is 0 Å². The van der Waals surface area contributed by atoms with Gasteiger partial charge in [-0.25, -0.2) is 4.39 Å². The van der Waals surface area contributed by atoms with Crippen molar-refractivity contribution in [2.24, 2.45) is 0 Å². The van der Waals surface area contributed by atoms with Gasteiger partial charge >= 0.3 is 0 Å². The Morgan fingerprint density at radius 1 is 1.50 bits per heavy atom. The zero-order valence-electron chi connectivity index (χ0n) is 8.02. The molecule has 0 heterocycles. The highest BCUT2D eigenvalue weighted by Crippen LogP contribution is 2.13.